The number of likely N-dealkylation sites (N-methyl/N-ethyl adjacent to an activating group) is 1. The van der Waals surface area contributed by atoms with Crippen molar-refractivity contribution >= 4 is 5.91 Å². The molecule has 140 valence electrons. The summed E-state index contributed by atoms with van der Waals surface area (Å²) < 4.78 is 0. The highest BCUT2D eigenvalue weighted by Gasteiger charge is 2.25. The summed E-state index contributed by atoms with van der Waals surface area (Å²) in [4.78, 5) is 19.6. The zero-order chi connectivity index (χ0) is 17.8. The summed E-state index contributed by atoms with van der Waals surface area (Å²) in [5, 5.41) is 7.22. The van der Waals surface area contributed by atoms with Gasteiger partial charge in [0.2, 0.25) is 5.91 Å². The molecule has 6 heteroatoms. The Labute approximate surface area is 151 Å². The largest absolute Gasteiger partial charge is 0.340 e. The number of rotatable bonds is 5. The second-order valence-corrected chi connectivity index (χ2v) is 7.72. The maximum absolute atomic E-state index is 12.5. The van der Waals surface area contributed by atoms with Crippen LogP contribution >= 0.6 is 0 Å². The van der Waals surface area contributed by atoms with Gasteiger partial charge in [0.25, 0.3) is 0 Å². The van der Waals surface area contributed by atoms with Crippen molar-refractivity contribution in [2.24, 2.45) is 0 Å². The third-order valence-electron chi connectivity index (χ3n) is 5.99. The Bertz CT molecular complexity index is 557. The van der Waals surface area contributed by atoms with Crippen LogP contribution in [-0.2, 0) is 11.2 Å². The third kappa shape index (κ3) is 4.61. The van der Waals surface area contributed by atoms with Gasteiger partial charge >= 0.3 is 0 Å². The Hall–Kier alpha value is -1.40. The first-order chi connectivity index (χ1) is 12.0. The maximum atomic E-state index is 12.5. The predicted molar refractivity (Wildman–Crippen MR) is 99.7 cm³/mol. The minimum atomic E-state index is 0.287. The average Bonchev–Trinajstić information content (AvgIpc) is 2.93. The summed E-state index contributed by atoms with van der Waals surface area (Å²) in [6, 6.07) is 0.697. The molecule has 1 atom stereocenters. The fourth-order valence-corrected chi connectivity index (χ4v) is 4.19. The van der Waals surface area contributed by atoms with E-state index in [9.17, 15) is 4.79 Å². The number of nitrogens with one attached hydrogen (secondary N) is 1. The molecule has 0 spiro atoms. The number of aryl methyl sites for hydroxylation is 2. The van der Waals surface area contributed by atoms with E-state index >= 15 is 0 Å². The van der Waals surface area contributed by atoms with Gasteiger partial charge in [0, 0.05) is 50.9 Å². The van der Waals surface area contributed by atoms with Crippen LogP contribution in [0.1, 0.15) is 42.6 Å². The van der Waals surface area contributed by atoms with Crippen LogP contribution in [0.4, 0.5) is 0 Å². The summed E-state index contributed by atoms with van der Waals surface area (Å²) in [6.07, 6.45) is 5.40. The molecule has 1 aromatic heterocycles. The molecule has 0 aromatic carbocycles. The highest BCUT2D eigenvalue weighted by Crippen LogP contribution is 2.17. The minimum absolute atomic E-state index is 0.287. The Morgan fingerprint density at radius 3 is 2.56 bits per heavy atom. The zero-order valence-electron chi connectivity index (χ0n) is 16.1. The normalized spacial score (nSPS) is 23.2. The van der Waals surface area contributed by atoms with Crippen molar-refractivity contribution < 1.29 is 4.79 Å². The fourth-order valence-electron chi connectivity index (χ4n) is 4.19. The van der Waals surface area contributed by atoms with E-state index in [0.717, 1.165) is 50.5 Å². The van der Waals surface area contributed by atoms with Crippen molar-refractivity contribution in [2.75, 3.05) is 46.3 Å². The summed E-state index contributed by atoms with van der Waals surface area (Å²) in [6.45, 7) is 10.2. The summed E-state index contributed by atoms with van der Waals surface area (Å²) in [5.74, 6) is 0.287. The monoisotopic (exact) mass is 347 g/mol. The number of likely N-dealkylation sites (tertiary alicyclic amines) is 1. The number of aromatic amines is 1. The number of carbonyl (C=O) groups excluding carboxylic acids is 1. The van der Waals surface area contributed by atoms with E-state index in [1.165, 1.54) is 31.4 Å². The molecule has 0 unspecified atom stereocenters. The van der Waals surface area contributed by atoms with Gasteiger partial charge in [0.1, 0.15) is 0 Å². The van der Waals surface area contributed by atoms with Crippen molar-refractivity contribution in [3.63, 3.8) is 0 Å². The molecular formula is C19H33N5O. The Morgan fingerprint density at radius 2 is 1.92 bits per heavy atom. The number of H-pyrrole nitrogens is 1. The van der Waals surface area contributed by atoms with Crippen LogP contribution < -0.4 is 0 Å². The fraction of sp³-hybridized carbons (Fsp3) is 0.789. The van der Waals surface area contributed by atoms with Gasteiger partial charge in [0.15, 0.2) is 0 Å². The second-order valence-electron chi connectivity index (χ2n) is 7.72. The summed E-state index contributed by atoms with van der Waals surface area (Å²) >= 11 is 0. The standard InChI is InChI=1S/C19H33N5O/c1-15-18(16(2)21-20-15)7-8-19(25)24-12-10-23(11-13-24)14-17-6-4-5-9-22(17)3/h17H,4-14H2,1-3H3,(H,20,21)/t17-/m0/s1. The number of piperazine rings is 1. The first-order valence-corrected chi connectivity index (χ1v) is 9.75. The quantitative estimate of drug-likeness (QED) is 0.879. The number of hydrogen-bond donors (Lipinski definition) is 1. The molecule has 1 aromatic rings. The molecule has 2 aliphatic heterocycles. The number of amides is 1. The van der Waals surface area contributed by atoms with Crippen LogP contribution in [0.15, 0.2) is 0 Å². The molecule has 2 fully saturated rings. The van der Waals surface area contributed by atoms with Crippen molar-refractivity contribution in [3.05, 3.63) is 17.0 Å². The van der Waals surface area contributed by atoms with E-state index in [0.29, 0.717) is 12.5 Å². The van der Waals surface area contributed by atoms with Crippen LogP contribution in [0.5, 0.6) is 0 Å². The van der Waals surface area contributed by atoms with Gasteiger partial charge in [-0.2, -0.15) is 5.10 Å². The van der Waals surface area contributed by atoms with Crippen molar-refractivity contribution in [1.82, 2.24) is 24.9 Å². The van der Waals surface area contributed by atoms with Crippen LogP contribution in [0.2, 0.25) is 0 Å². The van der Waals surface area contributed by atoms with Gasteiger partial charge in [-0.05, 0) is 52.3 Å². The molecule has 0 saturated carbocycles. The molecular weight excluding hydrogens is 314 g/mol. The summed E-state index contributed by atoms with van der Waals surface area (Å²) in [5.41, 5.74) is 3.31. The van der Waals surface area contributed by atoms with Crippen LogP contribution in [0, 0.1) is 13.8 Å². The molecule has 0 aliphatic carbocycles. The lowest BCUT2D eigenvalue weighted by molar-refractivity contribution is -0.133. The van der Waals surface area contributed by atoms with E-state index in [1.54, 1.807) is 0 Å². The molecule has 25 heavy (non-hydrogen) atoms. The number of aromatic nitrogens is 2. The second kappa shape index (κ2) is 8.32. The molecule has 3 rings (SSSR count). The average molecular weight is 348 g/mol. The molecule has 2 saturated heterocycles. The van der Waals surface area contributed by atoms with Crippen LogP contribution in [-0.4, -0.2) is 83.2 Å². The molecule has 2 aliphatic rings. The first-order valence-electron chi connectivity index (χ1n) is 9.75. The van der Waals surface area contributed by atoms with Crippen molar-refractivity contribution in [1.29, 1.82) is 0 Å². The summed E-state index contributed by atoms with van der Waals surface area (Å²) in [7, 11) is 2.25. The Balaban J connectivity index is 1.41. The van der Waals surface area contributed by atoms with Crippen molar-refractivity contribution in [3.8, 4) is 0 Å². The van der Waals surface area contributed by atoms with E-state index < -0.39 is 0 Å². The molecule has 1 amide bonds. The lowest BCUT2D eigenvalue weighted by Crippen LogP contribution is -2.53. The number of carbonyl (C=O) groups is 1. The molecule has 1 N–H and O–H groups in total. The molecule has 0 bridgehead atoms. The lowest BCUT2D eigenvalue weighted by atomic mass is 10.0. The van der Waals surface area contributed by atoms with E-state index in [-0.39, 0.29) is 5.91 Å². The predicted octanol–water partition coefficient (Wildman–Crippen LogP) is 1.59. The third-order valence-corrected chi connectivity index (χ3v) is 5.99. The highest BCUT2D eigenvalue weighted by molar-refractivity contribution is 5.76. The number of piperidine rings is 1. The SMILES string of the molecule is Cc1n[nH]c(C)c1CCC(=O)N1CCN(C[C@@H]2CCCCN2C)CC1. The highest BCUT2D eigenvalue weighted by atomic mass is 16.2. The number of hydrogen-bond acceptors (Lipinski definition) is 4. The number of nitrogens with zero attached hydrogens (tertiary/aromatic N) is 4. The van der Waals surface area contributed by atoms with Gasteiger partial charge in [-0.3, -0.25) is 14.8 Å². The smallest absolute Gasteiger partial charge is 0.222 e. The van der Waals surface area contributed by atoms with Gasteiger partial charge in [-0.1, -0.05) is 6.42 Å². The van der Waals surface area contributed by atoms with E-state index in [4.69, 9.17) is 0 Å². The Kier molecular flexibility index (Phi) is 6.12. The van der Waals surface area contributed by atoms with Gasteiger partial charge in [-0.25, -0.2) is 0 Å². The van der Waals surface area contributed by atoms with Crippen molar-refractivity contribution in [2.45, 2.75) is 52.0 Å². The minimum Gasteiger partial charge on any atom is -0.340 e. The maximum Gasteiger partial charge on any atom is 0.222 e. The molecule has 3 heterocycles. The van der Waals surface area contributed by atoms with Crippen LogP contribution in [0.25, 0.3) is 0 Å². The zero-order valence-corrected chi connectivity index (χ0v) is 16.1. The van der Waals surface area contributed by atoms with E-state index in [2.05, 4.69) is 27.0 Å². The molecule has 0 radical (unpaired) electrons. The van der Waals surface area contributed by atoms with E-state index in [1.807, 2.05) is 18.7 Å². The molecule has 6 nitrogen and oxygen atoms in total. The first kappa shape index (κ1) is 18.4. The lowest BCUT2D eigenvalue weighted by Gasteiger charge is -2.40. The van der Waals surface area contributed by atoms with Crippen LogP contribution in [0.3, 0.4) is 0 Å². The van der Waals surface area contributed by atoms with Gasteiger partial charge in [0.05, 0.1) is 5.69 Å². The Morgan fingerprint density at radius 1 is 1.16 bits per heavy atom. The van der Waals surface area contributed by atoms with Gasteiger partial charge < -0.3 is 9.80 Å². The topological polar surface area (TPSA) is 55.5 Å². The van der Waals surface area contributed by atoms with Gasteiger partial charge in [-0.15, -0.1) is 0 Å².